The second-order valence-electron chi connectivity index (χ2n) is 4.34. The maximum Gasteiger partial charge on any atom is 0.132 e. The standard InChI is InChI=1S/C14H16N2O/c1-10-3-11(2)5-12(4-10)6-14-15-7-13(9-17)8-16-14/h3-5,7-8,17H,6,9H2,1-2H3. The van der Waals surface area contributed by atoms with Gasteiger partial charge in [0.2, 0.25) is 0 Å². The summed E-state index contributed by atoms with van der Waals surface area (Å²) in [5, 5.41) is 8.91. The van der Waals surface area contributed by atoms with Gasteiger partial charge in [0.25, 0.3) is 0 Å². The average molecular weight is 228 g/mol. The molecular weight excluding hydrogens is 212 g/mol. The van der Waals surface area contributed by atoms with E-state index >= 15 is 0 Å². The minimum absolute atomic E-state index is 0.0101. The van der Waals surface area contributed by atoms with Crippen LogP contribution in [0.3, 0.4) is 0 Å². The topological polar surface area (TPSA) is 46.0 Å². The van der Waals surface area contributed by atoms with Gasteiger partial charge in [-0.25, -0.2) is 9.97 Å². The van der Waals surface area contributed by atoms with Crippen molar-refractivity contribution in [2.45, 2.75) is 26.9 Å². The molecule has 17 heavy (non-hydrogen) atoms. The summed E-state index contributed by atoms with van der Waals surface area (Å²) in [6, 6.07) is 6.45. The van der Waals surface area contributed by atoms with Gasteiger partial charge in [-0.2, -0.15) is 0 Å². The van der Waals surface area contributed by atoms with Crippen molar-refractivity contribution in [3.63, 3.8) is 0 Å². The second kappa shape index (κ2) is 5.06. The summed E-state index contributed by atoms with van der Waals surface area (Å²) in [6.07, 6.45) is 4.07. The fourth-order valence-corrected chi connectivity index (χ4v) is 1.91. The summed E-state index contributed by atoms with van der Waals surface area (Å²) in [5.41, 5.74) is 4.48. The number of benzene rings is 1. The average Bonchev–Trinajstić information content (AvgIpc) is 2.28. The van der Waals surface area contributed by atoms with Crippen LogP contribution in [0.2, 0.25) is 0 Å². The van der Waals surface area contributed by atoms with Gasteiger partial charge in [-0.05, 0) is 19.4 Å². The number of rotatable bonds is 3. The lowest BCUT2D eigenvalue weighted by atomic mass is 10.0. The predicted octanol–water partition coefficient (Wildman–Crippen LogP) is 2.18. The van der Waals surface area contributed by atoms with Crippen LogP contribution in [-0.4, -0.2) is 15.1 Å². The van der Waals surface area contributed by atoms with E-state index < -0.39 is 0 Å². The summed E-state index contributed by atoms with van der Waals surface area (Å²) in [5.74, 6) is 0.784. The van der Waals surface area contributed by atoms with Crippen LogP contribution in [-0.2, 0) is 13.0 Å². The quantitative estimate of drug-likeness (QED) is 0.875. The van der Waals surface area contributed by atoms with Crippen molar-refractivity contribution in [2.75, 3.05) is 0 Å². The summed E-state index contributed by atoms with van der Waals surface area (Å²) in [6.45, 7) is 4.17. The molecule has 0 aliphatic heterocycles. The van der Waals surface area contributed by atoms with Crippen molar-refractivity contribution >= 4 is 0 Å². The van der Waals surface area contributed by atoms with Crippen LogP contribution in [0.1, 0.15) is 28.1 Å². The van der Waals surface area contributed by atoms with Crippen LogP contribution >= 0.6 is 0 Å². The van der Waals surface area contributed by atoms with Crippen molar-refractivity contribution in [1.82, 2.24) is 9.97 Å². The zero-order valence-electron chi connectivity index (χ0n) is 10.1. The third kappa shape index (κ3) is 3.11. The molecule has 3 heteroatoms. The predicted molar refractivity (Wildman–Crippen MR) is 66.7 cm³/mol. The molecule has 2 aromatic rings. The van der Waals surface area contributed by atoms with Crippen molar-refractivity contribution in [1.29, 1.82) is 0 Å². The van der Waals surface area contributed by atoms with E-state index in [0.29, 0.717) is 0 Å². The second-order valence-corrected chi connectivity index (χ2v) is 4.34. The molecule has 0 bridgehead atoms. The fourth-order valence-electron chi connectivity index (χ4n) is 1.91. The molecule has 88 valence electrons. The van der Waals surface area contributed by atoms with E-state index in [4.69, 9.17) is 5.11 Å². The first-order valence-corrected chi connectivity index (χ1v) is 5.65. The lowest BCUT2D eigenvalue weighted by Crippen LogP contribution is -1.98. The zero-order valence-corrected chi connectivity index (χ0v) is 10.1. The summed E-state index contributed by atoms with van der Waals surface area (Å²) >= 11 is 0. The molecule has 3 nitrogen and oxygen atoms in total. The molecule has 1 aromatic carbocycles. The molecule has 0 amide bonds. The monoisotopic (exact) mass is 228 g/mol. The highest BCUT2D eigenvalue weighted by atomic mass is 16.3. The Morgan fingerprint density at radius 3 is 2.06 bits per heavy atom. The summed E-state index contributed by atoms with van der Waals surface area (Å²) in [7, 11) is 0. The van der Waals surface area contributed by atoms with Crippen molar-refractivity contribution in [2.24, 2.45) is 0 Å². The van der Waals surface area contributed by atoms with Gasteiger partial charge in [-0.1, -0.05) is 29.3 Å². The Balaban J connectivity index is 2.19. The lowest BCUT2D eigenvalue weighted by Gasteiger charge is -2.04. The van der Waals surface area contributed by atoms with E-state index in [-0.39, 0.29) is 6.61 Å². The SMILES string of the molecule is Cc1cc(C)cc(Cc2ncc(CO)cn2)c1. The highest BCUT2D eigenvalue weighted by Crippen LogP contribution is 2.11. The smallest absolute Gasteiger partial charge is 0.132 e. The molecule has 0 radical (unpaired) electrons. The number of nitrogens with zero attached hydrogens (tertiary/aromatic N) is 2. The zero-order chi connectivity index (χ0) is 12.3. The number of aryl methyl sites for hydroxylation is 2. The van der Waals surface area contributed by atoms with Gasteiger partial charge in [-0.3, -0.25) is 0 Å². The highest BCUT2D eigenvalue weighted by Gasteiger charge is 2.01. The minimum atomic E-state index is -0.0101. The molecule has 0 spiro atoms. The molecule has 1 N–H and O–H groups in total. The third-order valence-corrected chi connectivity index (χ3v) is 2.59. The van der Waals surface area contributed by atoms with E-state index in [9.17, 15) is 0 Å². The van der Waals surface area contributed by atoms with Gasteiger partial charge in [-0.15, -0.1) is 0 Å². The Kier molecular flexibility index (Phi) is 3.49. The maximum absolute atomic E-state index is 8.91. The van der Waals surface area contributed by atoms with Gasteiger partial charge in [0.1, 0.15) is 5.82 Å². The summed E-state index contributed by atoms with van der Waals surface area (Å²) < 4.78 is 0. The molecule has 0 saturated carbocycles. The number of hydrogen-bond donors (Lipinski definition) is 1. The molecule has 0 aliphatic rings. The molecule has 2 rings (SSSR count). The minimum Gasteiger partial charge on any atom is -0.392 e. The van der Waals surface area contributed by atoms with E-state index in [1.807, 2.05) is 0 Å². The van der Waals surface area contributed by atoms with Gasteiger partial charge >= 0.3 is 0 Å². The van der Waals surface area contributed by atoms with Gasteiger partial charge in [0.15, 0.2) is 0 Å². The highest BCUT2D eigenvalue weighted by molar-refractivity contribution is 5.30. The fraction of sp³-hybridized carbons (Fsp3) is 0.286. The number of hydrogen-bond acceptors (Lipinski definition) is 3. The lowest BCUT2D eigenvalue weighted by molar-refractivity contribution is 0.280. The number of aliphatic hydroxyl groups is 1. The Morgan fingerprint density at radius 1 is 0.941 bits per heavy atom. The van der Waals surface area contributed by atoms with Crippen LogP contribution < -0.4 is 0 Å². The van der Waals surface area contributed by atoms with E-state index in [2.05, 4.69) is 42.0 Å². The molecule has 0 unspecified atom stereocenters. The van der Waals surface area contributed by atoms with Crippen molar-refractivity contribution in [3.8, 4) is 0 Å². The van der Waals surface area contributed by atoms with Crippen LogP contribution in [0.5, 0.6) is 0 Å². The van der Waals surface area contributed by atoms with E-state index in [0.717, 1.165) is 17.8 Å². The molecule has 0 fully saturated rings. The van der Waals surface area contributed by atoms with E-state index in [1.54, 1.807) is 12.4 Å². The van der Waals surface area contributed by atoms with Crippen LogP contribution in [0.25, 0.3) is 0 Å². The van der Waals surface area contributed by atoms with Gasteiger partial charge in [0.05, 0.1) is 6.61 Å². The number of aromatic nitrogens is 2. The Labute approximate surface area is 101 Å². The normalized spacial score (nSPS) is 10.5. The Hall–Kier alpha value is -1.74. The van der Waals surface area contributed by atoms with Gasteiger partial charge < -0.3 is 5.11 Å². The molecular formula is C14H16N2O. The molecule has 0 aliphatic carbocycles. The van der Waals surface area contributed by atoms with Crippen LogP contribution in [0, 0.1) is 13.8 Å². The van der Waals surface area contributed by atoms with Crippen LogP contribution in [0.4, 0.5) is 0 Å². The first-order chi connectivity index (χ1) is 8.17. The largest absolute Gasteiger partial charge is 0.392 e. The maximum atomic E-state index is 8.91. The first kappa shape index (κ1) is 11.7. The first-order valence-electron chi connectivity index (χ1n) is 5.65. The Morgan fingerprint density at radius 2 is 1.53 bits per heavy atom. The third-order valence-electron chi connectivity index (χ3n) is 2.59. The van der Waals surface area contributed by atoms with Crippen LogP contribution in [0.15, 0.2) is 30.6 Å². The van der Waals surface area contributed by atoms with Crippen molar-refractivity contribution < 1.29 is 5.11 Å². The van der Waals surface area contributed by atoms with Crippen molar-refractivity contribution in [3.05, 3.63) is 58.7 Å². The summed E-state index contributed by atoms with van der Waals surface area (Å²) in [4.78, 5) is 8.47. The molecule has 0 saturated heterocycles. The molecule has 0 atom stereocenters. The van der Waals surface area contributed by atoms with E-state index in [1.165, 1.54) is 16.7 Å². The molecule has 1 heterocycles. The molecule has 1 aromatic heterocycles. The van der Waals surface area contributed by atoms with Gasteiger partial charge in [0, 0.05) is 24.4 Å². The number of aliphatic hydroxyl groups excluding tert-OH is 1. The Bertz CT molecular complexity index is 486.